The standard InChI is InChI=1S/C21H19N5O2/c1-15-7-6-10-20(26-21(27)25(2)23-24-26)19(15)14-28-18-11-17(12-22-13-18)16-8-4-3-5-9-16/h3-13H,14H2,1-2H3. The molecule has 4 rings (SSSR count). The van der Waals surface area contributed by atoms with E-state index in [0.717, 1.165) is 22.3 Å². The first-order valence-corrected chi connectivity index (χ1v) is 8.84. The molecule has 28 heavy (non-hydrogen) atoms. The van der Waals surface area contributed by atoms with Gasteiger partial charge in [0.15, 0.2) is 0 Å². The normalized spacial score (nSPS) is 10.8. The number of benzene rings is 2. The molecule has 0 atom stereocenters. The van der Waals surface area contributed by atoms with E-state index in [4.69, 9.17) is 4.74 Å². The molecule has 0 aliphatic heterocycles. The van der Waals surface area contributed by atoms with Gasteiger partial charge in [0.1, 0.15) is 12.4 Å². The number of tetrazole rings is 1. The Morgan fingerprint density at radius 3 is 2.54 bits per heavy atom. The third-order valence-electron chi connectivity index (χ3n) is 4.54. The average Bonchev–Trinajstić information content (AvgIpc) is 3.06. The van der Waals surface area contributed by atoms with Gasteiger partial charge in [0.25, 0.3) is 0 Å². The Kier molecular flexibility index (Phi) is 4.72. The van der Waals surface area contributed by atoms with Crippen LogP contribution in [0.1, 0.15) is 11.1 Å². The van der Waals surface area contributed by atoms with E-state index in [-0.39, 0.29) is 12.3 Å². The second-order valence-corrected chi connectivity index (χ2v) is 6.43. The minimum absolute atomic E-state index is 0.283. The summed E-state index contributed by atoms with van der Waals surface area (Å²) in [5.74, 6) is 0.655. The molecule has 2 heterocycles. The van der Waals surface area contributed by atoms with Crippen molar-refractivity contribution >= 4 is 0 Å². The fourth-order valence-corrected chi connectivity index (χ4v) is 2.98. The second-order valence-electron chi connectivity index (χ2n) is 6.43. The molecule has 0 bridgehead atoms. The van der Waals surface area contributed by atoms with Crippen LogP contribution in [0.2, 0.25) is 0 Å². The molecule has 7 heteroatoms. The van der Waals surface area contributed by atoms with Crippen LogP contribution < -0.4 is 10.4 Å². The van der Waals surface area contributed by atoms with E-state index in [9.17, 15) is 4.79 Å². The van der Waals surface area contributed by atoms with Gasteiger partial charge in [-0.05, 0) is 40.6 Å². The van der Waals surface area contributed by atoms with Crippen molar-refractivity contribution in [3.8, 4) is 22.6 Å². The second kappa shape index (κ2) is 7.48. The Morgan fingerprint density at radius 2 is 1.79 bits per heavy atom. The summed E-state index contributed by atoms with van der Waals surface area (Å²) >= 11 is 0. The summed E-state index contributed by atoms with van der Waals surface area (Å²) in [6.45, 7) is 2.26. The monoisotopic (exact) mass is 373 g/mol. The van der Waals surface area contributed by atoms with Crippen molar-refractivity contribution in [2.45, 2.75) is 13.5 Å². The summed E-state index contributed by atoms with van der Waals surface area (Å²) in [5, 5.41) is 7.74. The van der Waals surface area contributed by atoms with Gasteiger partial charge in [-0.1, -0.05) is 42.5 Å². The molecule has 0 aliphatic rings. The van der Waals surface area contributed by atoms with Gasteiger partial charge in [-0.2, -0.15) is 9.36 Å². The van der Waals surface area contributed by atoms with Crippen LogP contribution in [0.25, 0.3) is 16.8 Å². The molecule has 0 saturated carbocycles. The van der Waals surface area contributed by atoms with E-state index >= 15 is 0 Å². The fraction of sp³-hybridized carbons (Fsp3) is 0.143. The van der Waals surface area contributed by atoms with E-state index in [1.807, 2.05) is 61.5 Å². The molecule has 2 aromatic heterocycles. The van der Waals surface area contributed by atoms with Gasteiger partial charge >= 0.3 is 5.69 Å². The zero-order chi connectivity index (χ0) is 19.5. The predicted molar refractivity (Wildman–Crippen MR) is 105 cm³/mol. The summed E-state index contributed by atoms with van der Waals surface area (Å²) in [5.41, 5.74) is 4.28. The van der Waals surface area contributed by atoms with Gasteiger partial charge in [0, 0.05) is 24.4 Å². The van der Waals surface area contributed by atoms with Crippen molar-refractivity contribution in [2.75, 3.05) is 0 Å². The Balaban J connectivity index is 1.63. The minimum Gasteiger partial charge on any atom is -0.487 e. The van der Waals surface area contributed by atoms with Crippen molar-refractivity contribution in [1.82, 2.24) is 24.8 Å². The van der Waals surface area contributed by atoms with Crippen LogP contribution >= 0.6 is 0 Å². The van der Waals surface area contributed by atoms with Crippen LogP contribution in [0.5, 0.6) is 5.75 Å². The quantitative estimate of drug-likeness (QED) is 0.538. The van der Waals surface area contributed by atoms with Crippen LogP contribution in [-0.2, 0) is 13.7 Å². The number of aromatic nitrogens is 5. The third kappa shape index (κ3) is 3.42. The highest BCUT2D eigenvalue weighted by molar-refractivity contribution is 5.63. The van der Waals surface area contributed by atoms with Crippen molar-refractivity contribution in [1.29, 1.82) is 0 Å². The summed E-state index contributed by atoms with van der Waals surface area (Å²) in [6, 6.07) is 17.7. The van der Waals surface area contributed by atoms with Gasteiger partial charge < -0.3 is 4.74 Å². The number of rotatable bonds is 5. The van der Waals surface area contributed by atoms with Gasteiger partial charge in [0.2, 0.25) is 0 Å². The third-order valence-corrected chi connectivity index (χ3v) is 4.54. The van der Waals surface area contributed by atoms with E-state index in [1.165, 1.54) is 9.36 Å². The molecule has 140 valence electrons. The zero-order valence-corrected chi connectivity index (χ0v) is 15.6. The lowest BCUT2D eigenvalue weighted by Gasteiger charge is -2.13. The molecule has 7 nitrogen and oxygen atoms in total. The van der Waals surface area contributed by atoms with Gasteiger partial charge in [-0.3, -0.25) is 4.98 Å². The number of pyridine rings is 1. The maximum atomic E-state index is 12.3. The molecule has 2 aromatic carbocycles. The lowest BCUT2D eigenvalue weighted by Crippen LogP contribution is -2.23. The van der Waals surface area contributed by atoms with Gasteiger partial charge in [-0.15, -0.1) is 0 Å². The first kappa shape index (κ1) is 17.7. The predicted octanol–water partition coefficient (Wildman–Crippen LogP) is 2.92. The van der Waals surface area contributed by atoms with Gasteiger partial charge in [0.05, 0.1) is 11.9 Å². The van der Waals surface area contributed by atoms with Crippen molar-refractivity contribution in [3.63, 3.8) is 0 Å². The smallest absolute Gasteiger partial charge is 0.368 e. The molecule has 0 N–H and O–H groups in total. The minimum atomic E-state index is -0.306. The van der Waals surface area contributed by atoms with Crippen LogP contribution in [0.4, 0.5) is 0 Å². The SMILES string of the molecule is Cc1cccc(-n2nnn(C)c2=O)c1COc1cncc(-c2ccccc2)c1. The van der Waals surface area contributed by atoms with Crippen LogP contribution in [0.3, 0.4) is 0 Å². The maximum Gasteiger partial charge on any atom is 0.368 e. The average molecular weight is 373 g/mol. The molecule has 0 unspecified atom stereocenters. The zero-order valence-electron chi connectivity index (χ0n) is 15.6. The summed E-state index contributed by atoms with van der Waals surface area (Å²) in [6.07, 6.45) is 3.49. The topological polar surface area (TPSA) is 74.8 Å². The summed E-state index contributed by atoms with van der Waals surface area (Å²) in [4.78, 5) is 16.5. The van der Waals surface area contributed by atoms with Gasteiger partial charge in [-0.25, -0.2) is 4.79 Å². The van der Waals surface area contributed by atoms with Crippen molar-refractivity contribution in [3.05, 3.63) is 88.6 Å². The fourth-order valence-electron chi connectivity index (χ4n) is 2.98. The number of aryl methyl sites for hydroxylation is 2. The lowest BCUT2D eigenvalue weighted by atomic mass is 10.1. The van der Waals surface area contributed by atoms with E-state index in [2.05, 4.69) is 15.4 Å². The molecule has 0 saturated heterocycles. The first-order valence-electron chi connectivity index (χ1n) is 8.84. The van der Waals surface area contributed by atoms with Crippen LogP contribution in [0, 0.1) is 6.92 Å². The largest absolute Gasteiger partial charge is 0.487 e. The van der Waals surface area contributed by atoms with E-state index in [1.54, 1.807) is 19.4 Å². The highest BCUT2D eigenvalue weighted by atomic mass is 16.5. The number of nitrogens with zero attached hydrogens (tertiary/aromatic N) is 5. The number of hydrogen-bond donors (Lipinski definition) is 0. The molecule has 0 aliphatic carbocycles. The molecule has 0 radical (unpaired) electrons. The summed E-state index contributed by atoms with van der Waals surface area (Å²) < 4.78 is 8.49. The maximum absolute atomic E-state index is 12.3. The highest BCUT2D eigenvalue weighted by Gasteiger charge is 2.13. The molecule has 0 spiro atoms. The Hall–Kier alpha value is -3.74. The van der Waals surface area contributed by atoms with E-state index < -0.39 is 0 Å². The first-order chi connectivity index (χ1) is 13.6. The van der Waals surface area contributed by atoms with Crippen LogP contribution in [0.15, 0.2) is 71.8 Å². The molecular formula is C21H19N5O2. The van der Waals surface area contributed by atoms with Crippen molar-refractivity contribution < 1.29 is 4.74 Å². The summed E-state index contributed by atoms with van der Waals surface area (Å²) in [7, 11) is 1.57. The van der Waals surface area contributed by atoms with Crippen LogP contribution in [-0.4, -0.2) is 24.8 Å². The Bertz CT molecular complexity index is 1160. The highest BCUT2D eigenvalue weighted by Crippen LogP contribution is 2.24. The number of hydrogen-bond acceptors (Lipinski definition) is 5. The molecular weight excluding hydrogens is 354 g/mol. The lowest BCUT2D eigenvalue weighted by molar-refractivity contribution is 0.303. The van der Waals surface area contributed by atoms with Crippen molar-refractivity contribution in [2.24, 2.45) is 7.05 Å². The Morgan fingerprint density at radius 1 is 0.964 bits per heavy atom. The van der Waals surface area contributed by atoms with E-state index in [0.29, 0.717) is 11.4 Å². The Labute approximate surface area is 161 Å². The molecule has 0 amide bonds. The molecule has 0 fully saturated rings. The molecule has 4 aromatic rings. The number of ether oxygens (including phenoxy) is 1.